The van der Waals surface area contributed by atoms with Crippen LogP contribution in [0, 0.1) is 0 Å². The van der Waals surface area contributed by atoms with E-state index in [9.17, 15) is 8.78 Å². The van der Waals surface area contributed by atoms with Crippen molar-refractivity contribution in [2.75, 3.05) is 5.73 Å². The Balaban J connectivity index is 3.20. The van der Waals surface area contributed by atoms with Crippen LogP contribution in [-0.4, -0.2) is 4.98 Å². The quantitative estimate of drug-likeness (QED) is 0.776. The van der Waals surface area contributed by atoms with Gasteiger partial charge < -0.3 is 11.5 Å². The first-order chi connectivity index (χ1) is 6.06. The van der Waals surface area contributed by atoms with Crippen LogP contribution in [-0.2, 0) is 6.54 Å². The van der Waals surface area contributed by atoms with E-state index in [4.69, 9.17) is 23.1 Å². The lowest BCUT2D eigenvalue weighted by atomic mass is 10.2. The minimum atomic E-state index is -2.72. The third kappa shape index (κ3) is 2.05. The summed E-state index contributed by atoms with van der Waals surface area (Å²) >= 11 is 5.52. The van der Waals surface area contributed by atoms with Crippen LogP contribution in [0.5, 0.6) is 0 Å². The minimum Gasteiger partial charge on any atom is -0.383 e. The predicted octanol–water partition coefficient (Wildman–Crippen LogP) is 1.71. The number of halogens is 3. The van der Waals surface area contributed by atoms with Gasteiger partial charge in [0.2, 0.25) is 0 Å². The standard InChI is InChI=1S/C7H8ClF2N3/c8-4-1-3(2-11)7(12)13-5(4)6(9)10/h1,6H,2,11H2,(H2,12,13). The molecule has 0 saturated heterocycles. The third-order valence-electron chi connectivity index (χ3n) is 1.54. The summed E-state index contributed by atoms with van der Waals surface area (Å²) in [7, 11) is 0. The third-order valence-corrected chi connectivity index (χ3v) is 1.84. The van der Waals surface area contributed by atoms with Crippen molar-refractivity contribution in [3.05, 3.63) is 22.3 Å². The number of rotatable bonds is 2. The number of hydrogen-bond donors (Lipinski definition) is 2. The molecule has 72 valence electrons. The molecule has 0 amide bonds. The Morgan fingerprint density at radius 2 is 2.15 bits per heavy atom. The SMILES string of the molecule is NCc1cc(Cl)c(C(F)F)nc1N. The van der Waals surface area contributed by atoms with Gasteiger partial charge in [-0.05, 0) is 6.07 Å². The Hall–Kier alpha value is -0.940. The molecule has 1 rings (SSSR count). The molecule has 13 heavy (non-hydrogen) atoms. The molecule has 1 heterocycles. The highest BCUT2D eigenvalue weighted by molar-refractivity contribution is 6.31. The zero-order valence-corrected chi connectivity index (χ0v) is 7.35. The molecule has 0 aliphatic rings. The van der Waals surface area contributed by atoms with Crippen LogP contribution in [0.15, 0.2) is 6.07 Å². The molecular formula is C7H8ClF2N3. The number of anilines is 1. The molecular weight excluding hydrogens is 200 g/mol. The molecule has 0 spiro atoms. The largest absolute Gasteiger partial charge is 0.383 e. The highest BCUT2D eigenvalue weighted by atomic mass is 35.5. The monoisotopic (exact) mass is 207 g/mol. The van der Waals surface area contributed by atoms with Gasteiger partial charge in [0, 0.05) is 12.1 Å². The molecule has 6 heteroatoms. The fourth-order valence-corrected chi connectivity index (χ4v) is 1.13. The molecule has 0 atom stereocenters. The highest BCUT2D eigenvalue weighted by Crippen LogP contribution is 2.27. The second-order valence-corrected chi connectivity index (χ2v) is 2.81. The molecule has 0 unspecified atom stereocenters. The van der Waals surface area contributed by atoms with Crippen molar-refractivity contribution in [2.24, 2.45) is 5.73 Å². The van der Waals surface area contributed by atoms with Crippen molar-refractivity contribution in [3.63, 3.8) is 0 Å². The molecule has 0 aliphatic carbocycles. The smallest absolute Gasteiger partial charge is 0.281 e. The van der Waals surface area contributed by atoms with Gasteiger partial charge in [0.1, 0.15) is 11.5 Å². The van der Waals surface area contributed by atoms with Crippen LogP contribution in [0.4, 0.5) is 14.6 Å². The summed E-state index contributed by atoms with van der Waals surface area (Å²) in [4.78, 5) is 3.46. The lowest BCUT2D eigenvalue weighted by Crippen LogP contribution is -2.06. The number of nitrogens with two attached hydrogens (primary N) is 2. The summed E-state index contributed by atoms with van der Waals surface area (Å²) in [6.45, 7) is 0.127. The van der Waals surface area contributed by atoms with Gasteiger partial charge in [-0.3, -0.25) is 0 Å². The predicted molar refractivity (Wildman–Crippen MR) is 46.5 cm³/mol. The van der Waals surface area contributed by atoms with Crippen molar-refractivity contribution in [3.8, 4) is 0 Å². The number of alkyl halides is 2. The topological polar surface area (TPSA) is 64.9 Å². The normalized spacial score (nSPS) is 10.8. The fourth-order valence-electron chi connectivity index (χ4n) is 0.872. The first-order valence-corrected chi connectivity index (χ1v) is 3.87. The summed E-state index contributed by atoms with van der Waals surface area (Å²) in [5.74, 6) is 0.00204. The van der Waals surface area contributed by atoms with Crippen LogP contribution in [0.1, 0.15) is 17.7 Å². The summed E-state index contributed by atoms with van der Waals surface area (Å²) in [6, 6.07) is 1.31. The first kappa shape index (κ1) is 10.1. The Labute approximate surface area is 78.7 Å². The number of nitrogens with zero attached hydrogens (tertiary/aromatic N) is 1. The van der Waals surface area contributed by atoms with Crippen molar-refractivity contribution in [1.29, 1.82) is 0 Å². The molecule has 4 N–H and O–H groups in total. The van der Waals surface area contributed by atoms with Crippen molar-refractivity contribution >= 4 is 17.4 Å². The van der Waals surface area contributed by atoms with Crippen LogP contribution in [0.3, 0.4) is 0 Å². The second kappa shape index (κ2) is 3.85. The lowest BCUT2D eigenvalue weighted by molar-refractivity contribution is 0.146. The van der Waals surface area contributed by atoms with E-state index < -0.39 is 12.1 Å². The van der Waals surface area contributed by atoms with E-state index in [2.05, 4.69) is 4.98 Å². The first-order valence-electron chi connectivity index (χ1n) is 3.49. The minimum absolute atomic E-state index is 0.00204. The molecule has 0 fully saturated rings. The van der Waals surface area contributed by atoms with Crippen molar-refractivity contribution in [2.45, 2.75) is 13.0 Å². The van der Waals surface area contributed by atoms with Crippen LogP contribution < -0.4 is 11.5 Å². The van der Waals surface area contributed by atoms with Crippen LogP contribution in [0.2, 0.25) is 5.02 Å². The number of aromatic nitrogens is 1. The van der Waals surface area contributed by atoms with Gasteiger partial charge >= 0.3 is 0 Å². The van der Waals surface area contributed by atoms with E-state index in [1.165, 1.54) is 6.07 Å². The van der Waals surface area contributed by atoms with E-state index in [0.29, 0.717) is 5.56 Å². The number of nitrogen functional groups attached to an aromatic ring is 1. The zero-order chi connectivity index (χ0) is 10.0. The molecule has 0 radical (unpaired) electrons. The van der Waals surface area contributed by atoms with Gasteiger partial charge in [0.15, 0.2) is 0 Å². The Bertz CT molecular complexity index is 317. The maximum atomic E-state index is 12.2. The molecule has 1 aromatic heterocycles. The van der Waals surface area contributed by atoms with Crippen LogP contribution >= 0.6 is 11.6 Å². The van der Waals surface area contributed by atoms with Gasteiger partial charge in [0.05, 0.1) is 5.02 Å². The van der Waals surface area contributed by atoms with Gasteiger partial charge in [-0.2, -0.15) is 0 Å². The van der Waals surface area contributed by atoms with E-state index in [1.54, 1.807) is 0 Å². The number of pyridine rings is 1. The highest BCUT2D eigenvalue weighted by Gasteiger charge is 2.15. The average Bonchev–Trinajstić information content (AvgIpc) is 2.07. The Kier molecular flexibility index (Phi) is 3.00. The average molecular weight is 208 g/mol. The van der Waals surface area contributed by atoms with Crippen LogP contribution in [0.25, 0.3) is 0 Å². The maximum Gasteiger partial charge on any atom is 0.281 e. The van der Waals surface area contributed by atoms with E-state index >= 15 is 0 Å². The summed E-state index contributed by atoms with van der Waals surface area (Å²) < 4.78 is 24.4. The van der Waals surface area contributed by atoms with Gasteiger partial charge in [0.25, 0.3) is 6.43 Å². The lowest BCUT2D eigenvalue weighted by Gasteiger charge is -2.06. The van der Waals surface area contributed by atoms with Crippen molar-refractivity contribution in [1.82, 2.24) is 4.98 Å². The van der Waals surface area contributed by atoms with E-state index in [1.807, 2.05) is 0 Å². The summed E-state index contributed by atoms with van der Waals surface area (Å²) in [5, 5.41) is -0.107. The maximum absolute atomic E-state index is 12.2. The second-order valence-electron chi connectivity index (χ2n) is 2.40. The fraction of sp³-hybridized carbons (Fsp3) is 0.286. The molecule has 0 saturated carbocycles. The summed E-state index contributed by atoms with van der Waals surface area (Å²) in [6.07, 6.45) is -2.72. The molecule has 1 aromatic rings. The van der Waals surface area contributed by atoms with Gasteiger partial charge in [-0.15, -0.1) is 0 Å². The summed E-state index contributed by atoms with van der Waals surface area (Å²) in [5.41, 5.74) is 10.6. The molecule has 3 nitrogen and oxygen atoms in total. The van der Waals surface area contributed by atoms with Crippen molar-refractivity contribution < 1.29 is 8.78 Å². The van der Waals surface area contributed by atoms with E-state index in [-0.39, 0.29) is 17.4 Å². The van der Waals surface area contributed by atoms with E-state index in [0.717, 1.165) is 0 Å². The molecule has 0 bridgehead atoms. The van der Waals surface area contributed by atoms with Gasteiger partial charge in [-0.25, -0.2) is 13.8 Å². The molecule has 0 aliphatic heterocycles. The zero-order valence-electron chi connectivity index (χ0n) is 6.60. The Morgan fingerprint density at radius 1 is 1.54 bits per heavy atom. The Morgan fingerprint density at radius 3 is 2.62 bits per heavy atom. The van der Waals surface area contributed by atoms with Gasteiger partial charge in [-0.1, -0.05) is 11.6 Å². The molecule has 0 aromatic carbocycles. The number of hydrogen-bond acceptors (Lipinski definition) is 3.